The summed E-state index contributed by atoms with van der Waals surface area (Å²) < 4.78 is 10.8. The molecule has 0 saturated heterocycles. The molecule has 1 rings (SSSR count). The molecule has 0 saturated carbocycles. The van der Waals surface area contributed by atoms with E-state index < -0.39 is 65.4 Å². The number of nitrogens with one attached hydrogen (secondary N) is 2. The van der Waals surface area contributed by atoms with Crippen molar-refractivity contribution in [3.05, 3.63) is 35.9 Å². The number of alkyl carbamates (subject to hydrolysis) is 1. The van der Waals surface area contributed by atoms with Gasteiger partial charge in [0.2, 0.25) is 5.91 Å². The summed E-state index contributed by atoms with van der Waals surface area (Å²) in [6.07, 6.45) is -0.341. The molecule has 0 heterocycles. The molecule has 2 N–H and O–H groups in total. The zero-order chi connectivity index (χ0) is 31.5. The molecule has 41 heavy (non-hydrogen) atoms. The Kier molecular flexibility index (Phi) is 13.8. The number of carbonyl (C=O) groups is 5. The van der Waals surface area contributed by atoms with E-state index in [1.807, 2.05) is 37.3 Å². The normalized spacial score (nSPS) is 14.3. The molecule has 3 amide bonds. The fourth-order valence-corrected chi connectivity index (χ4v) is 3.87. The summed E-state index contributed by atoms with van der Waals surface area (Å²) in [6.45, 7) is 16.6. The summed E-state index contributed by atoms with van der Waals surface area (Å²) in [4.78, 5) is 70.5. The van der Waals surface area contributed by atoms with Crippen molar-refractivity contribution in [2.75, 3.05) is 0 Å². The van der Waals surface area contributed by atoms with E-state index in [0.29, 0.717) is 11.5 Å². The number of amides is 3. The van der Waals surface area contributed by atoms with E-state index in [9.17, 15) is 24.0 Å². The van der Waals surface area contributed by atoms with E-state index in [4.69, 9.17) is 14.3 Å². The molecule has 230 valence electrons. The number of nitrogens with zero attached hydrogens (tertiary/aromatic N) is 1. The summed E-state index contributed by atoms with van der Waals surface area (Å²) in [7, 11) is 0. The van der Waals surface area contributed by atoms with Crippen LogP contribution in [0.2, 0.25) is 0 Å². The average molecular weight is 578 g/mol. The highest BCUT2D eigenvalue weighted by molar-refractivity contribution is 5.93. The van der Waals surface area contributed by atoms with Crippen molar-refractivity contribution in [3.8, 4) is 0 Å². The highest BCUT2D eigenvalue weighted by atomic mass is 16.7. The molecule has 0 aliphatic rings. The lowest BCUT2D eigenvalue weighted by molar-refractivity contribution is -0.211. The van der Waals surface area contributed by atoms with Crippen molar-refractivity contribution in [3.63, 3.8) is 0 Å². The third kappa shape index (κ3) is 11.8. The van der Waals surface area contributed by atoms with Gasteiger partial charge in [0, 0.05) is 6.92 Å². The van der Waals surface area contributed by atoms with Crippen molar-refractivity contribution in [2.45, 2.75) is 106 Å². The predicted octanol–water partition coefficient (Wildman–Crippen LogP) is 4.14. The topological polar surface area (TPSA) is 140 Å². The van der Waals surface area contributed by atoms with Crippen LogP contribution in [0.4, 0.5) is 4.79 Å². The Morgan fingerprint density at radius 3 is 1.93 bits per heavy atom. The number of benzene rings is 1. The molecular formula is C30H47N3O8. The van der Waals surface area contributed by atoms with Gasteiger partial charge in [-0.3, -0.25) is 14.4 Å². The highest BCUT2D eigenvalue weighted by Gasteiger charge is 2.42. The van der Waals surface area contributed by atoms with E-state index in [-0.39, 0.29) is 12.5 Å². The smallest absolute Gasteiger partial charge is 0.408 e. The highest BCUT2D eigenvalue weighted by Crippen LogP contribution is 2.20. The van der Waals surface area contributed by atoms with E-state index in [1.165, 1.54) is 0 Å². The Bertz CT molecular complexity index is 1040. The Morgan fingerprint density at radius 1 is 0.878 bits per heavy atom. The van der Waals surface area contributed by atoms with Gasteiger partial charge in [-0.15, -0.1) is 0 Å². The fraction of sp³-hybridized carbons (Fsp3) is 0.633. The number of esters is 1. The zero-order valence-corrected chi connectivity index (χ0v) is 26.0. The summed E-state index contributed by atoms with van der Waals surface area (Å²) in [5.41, 5.74) is -0.0285. The summed E-state index contributed by atoms with van der Waals surface area (Å²) >= 11 is 0. The maximum atomic E-state index is 13.9. The average Bonchev–Trinajstić information content (AvgIpc) is 2.86. The molecule has 0 aliphatic carbocycles. The van der Waals surface area contributed by atoms with Crippen LogP contribution in [0.25, 0.3) is 0 Å². The first-order chi connectivity index (χ1) is 19.0. The van der Waals surface area contributed by atoms with Crippen molar-refractivity contribution in [1.82, 2.24) is 15.7 Å². The van der Waals surface area contributed by atoms with Crippen LogP contribution < -0.4 is 10.6 Å². The van der Waals surface area contributed by atoms with E-state index in [1.54, 1.807) is 55.4 Å². The maximum Gasteiger partial charge on any atom is 0.408 e. The quantitative estimate of drug-likeness (QED) is 0.279. The van der Waals surface area contributed by atoms with Gasteiger partial charge in [-0.1, -0.05) is 78.3 Å². The summed E-state index contributed by atoms with van der Waals surface area (Å²) in [6, 6.07) is 5.60. The van der Waals surface area contributed by atoms with Crippen LogP contribution in [0.15, 0.2) is 30.3 Å². The molecule has 11 heteroatoms. The third-order valence-electron chi connectivity index (χ3n) is 6.19. The Morgan fingerprint density at radius 2 is 1.46 bits per heavy atom. The molecule has 1 aromatic rings. The van der Waals surface area contributed by atoms with Gasteiger partial charge in [-0.25, -0.2) is 9.59 Å². The third-order valence-corrected chi connectivity index (χ3v) is 6.19. The first-order valence-corrected chi connectivity index (χ1v) is 14.0. The standard InChI is InChI=1S/C30H47N3O8/c1-11-20(6)24(32-29(38)40-30(8,9)10)27(36)33(41-21(7)34)25(19(4)5)26(35)31-23(18(2)3)28(37)39-17-22-15-13-12-14-16-22/h12-16,18-20,23-25H,11,17H2,1-10H3,(H,31,35)(H,32,38)/t20-,23-,24-,25-/m0/s1. The largest absolute Gasteiger partial charge is 0.459 e. The minimum Gasteiger partial charge on any atom is -0.459 e. The Balaban J connectivity index is 3.29. The number of carbonyl (C=O) groups excluding carboxylic acids is 5. The molecule has 1 aromatic carbocycles. The molecule has 11 nitrogen and oxygen atoms in total. The van der Waals surface area contributed by atoms with Gasteiger partial charge >= 0.3 is 18.0 Å². The van der Waals surface area contributed by atoms with Crippen molar-refractivity contribution >= 4 is 29.8 Å². The number of hydrogen-bond acceptors (Lipinski definition) is 8. The van der Waals surface area contributed by atoms with Crippen molar-refractivity contribution in [2.24, 2.45) is 17.8 Å². The molecular weight excluding hydrogens is 530 g/mol. The Hall–Kier alpha value is -3.63. The molecule has 0 radical (unpaired) electrons. The lowest BCUT2D eigenvalue weighted by Crippen LogP contribution is -2.61. The maximum absolute atomic E-state index is 13.9. The van der Waals surface area contributed by atoms with Gasteiger partial charge in [-0.05, 0) is 44.1 Å². The van der Waals surface area contributed by atoms with Gasteiger partial charge in [0.05, 0.1) is 0 Å². The Labute approximate surface area is 243 Å². The minimum absolute atomic E-state index is 0.0252. The van der Waals surface area contributed by atoms with Gasteiger partial charge in [0.25, 0.3) is 5.91 Å². The number of ether oxygens (including phenoxy) is 2. The second-order valence-electron chi connectivity index (χ2n) is 11.8. The molecule has 0 fully saturated rings. The predicted molar refractivity (Wildman–Crippen MR) is 153 cm³/mol. The van der Waals surface area contributed by atoms with Gasteiger partial charge < -0.3 is 24.9 Å². The second kappa shape index (κ2) is 16.0. The van der Waals surface area contributed by atoms with Crippen molar-refractivity contribution < 1.29 is 38.3 Å². The van der Waals surface area contributed by atoms with Gasteiger partial charge in [-0.2, -0.15) is 5.06 Å². The summed E-state index contributed by atoms with van der Waals surface area (Å²) in [5, 5.41) is 5.95. The van der Waals surface area contributed by atoms with Gasteiger partial charge in [0.1, 0.15) is 24.3 Å². The lowest BCUT2D eigenvalue weighted by atomic mass is 9.95. The fourth-order valence-electron chi connectivity index (χ4n) is 3.87. The molecule has 4 atom stereocenters. The van der Waals surface area contributed by atoms with E-state index in [2.05, 4.69) is 10.6 Å². The number of hydrogen-bond donors (Lipinski definition) is 2. The zero-order valence-electron chi connectivity index (χ0n) is 26.0. The number of rotatable bonds is 12. The van der Waals surface area contributed by atoms with Gasteiger partial charge in [0.15, 0.2) is 6.04 Å². The monoisotopic (exact) mass is 577 g/mol. The summed E-state index contributed by atoms with van der Waals surface area (Å²) in [5.74, 6) is -4.30. The minimum atomic E-state index is -1.32. The molecule has 0 spiro atoms. The molecule has 0 bridgehead atoms. The van der Waals surface area contributed by atoms with Crippen LogP contribution in [0, 0.1) is 17.8 Å². The molecule has 0 unspecified atom stereocenters. The van der Waals surface area contributed by atoms with Crippen LogP contribution in [0.1, 0.15) is 81.2 Å². The van der Waals surface area contributed by atoms with E-state index in [0.717, 1.165) is 12.5 Å². The van der Waals surface area contributed by atoms with Crippen LogP contribution in [-0.4, -0.2) is 58.6 Å². The second-order valence-corrected chi connectivity index (χ2v) is 11.8. The van der Waals surface area contributed by atoms with Crippen LogP contribution in [-0.2, 0) is 40.1 Å². The molecule has 0 aromatic heterocycles. The SMILES string of the molecule is CC[C@H](C)[C@H](NC(=O)OC(C)(C)C)C(=O)N(OC(C)=O)[C@H](C(=O)N[C@H](C(=O)OCc1ccccc1)C(C)C)C(C)C. The van der Waals surface area contributed by atoms with Crippen LogP contribution in [0.3, 0.4) is 0 Å². The lowest BCUT2D eigenvalue weighted by Gasteiger charge is -2.36. The van der Waals surface area contributed by atoms with Crippen LogP contribution >= 0.6 is 0 Å². The first-order valence-electron chi connectivity index (χ1n) is 14.0. The van der Waals surface area contributed by atoms with E-state index >= 15 is 0 Å². The number of hydroxylamine groups is 2. The van der Waals surface area contributed by atoms with Crippen molar-refractivity contribution in [1.29, 1.82) is 0 Å². The molecule has 0 aliphatic heterocycles. The first kappa shape index (κ1) is 35.4. The van der Waals surface area contributed by atoms with Crippen LogP contribution in [0.5, 0.6) is 0 Å².